The smallest absolute Gasteiger partial charge is 0.128 e. The second-order valence-corrected chi connectivity index (χ2v) is 8.60. The molecule has 1 aromatic rings. The molecule has 2 aliphatic carbocycles. The predicted molar refractivity (Wildman–Crippen MR) is 105 cm³/mol. The van der Waals surface area contributed by atoms with Gasteiger partial charge in [-0.1, -0.05) is 19.3 Å². The van der Waals surface area contributed by atoms with Crippen LogP contribution in [0.4, 0.5) is 11.5 Å². The number of hydrogen-bond donors (Lipinski definition) is 2. The Balaban J connectivity index is 1.39. The van der Waals surface area contributed by atoms with E-state index in [0.29, 0.717) is 12.1 Å². The molecule has 2 saturated carbocycles. The van der Waals surface area contributed by atoms with Gasteiger partial charge in [0.15, 0.2) is 0 Å². The average Bonchev–Trinajstić information content (AvgIpc) is 2.65. The number of hydrogen-bond acceptors (Lipinski definition) is 4. The third kappa shape index (κ3) is 3.94. The van der Waals surface area contributed by atoms with Crippen molar-refractivity contribution in [2.45, 2.75) is 76.8 Å². The van der Waals surface area contributed by atoms with E-state index in [1.807, 2.05) is 0 Å². The summed E-state index contributed by atoms with van der Waals surface area (Å²) in [5.74, 6) is 3.05. The minimum absolute atomic E-state index is 0.405. The Bertz CT molecular complexity index is 579. The van der Waals surface area contributed by atoms with Crippen molar-refractivity contribution in [3.63, 3.8) is 0 Å². The summed E-state index contributed by atoms with van der Waals surface area (Å²) in [7, 11) is 0. The molecule has 138 valence electrons. The maximum Gasteiger partial charge on any atom is 0.128 e. The summed E-state index contributed by atoms with van der Waals surface area (Å²) >= 11 is 0. The predicted octanol–water partition coefficient (Wildman–Crippen LogP) is 4.09. The molecule has 2 atom stereocenters. The summed E-state index contributed by atoms with van der Waals surface area (Å²) in [5.41, 5.74) is 8.37. The van der Waals surface area contributed by atoms with Gasteiger partial charge in [-0.05, 0) is 69.4 Å². The monoisotopic (exact) mass is 342 g/mol. The highest BCUT2D eigenvalue weighted by Gasteiger charge is 2.31. The highest BCUT2D eigenvalue weighted by Crippen LogP contribution is 2.37. The zero-order valence-corrected chi connectivity index (χ0v) is 15.7. The van der Waals surface area contributed by atoms with E-state index in [2.05, 4.69) is 29.3 Å². The summed E-state index contributed by atoms with van der Waals surface area (Å²) in [4.78, 5) is 7.48. The van der Waals surface area contributed by atoms with Gasteiger partial charge < -0.3 is 16.0 Å². The van der Waals surface area contributed by atoms with E-state index in [1.165, 1.54) is 69.5 Å². The lowest BCUT2D eigenvalue weighted by Gasteiger charge is -2.42. The van der Waals surface area contributed by atoms with Crippen LogP contribution in [0.3, 0.4) is 0 Å². The van der Waals surface area contributed by atoms with Crippen LogP contribution in [-0.4, -0.2) is 30.2 Å². The fourth-order valence-electron chi connectivity index (χ4n) is 5.17. The van der Waals surface area contributed by atoms with E-state index in [9.17, 15) is 0 Å². The number of pyridine rings is 1. The van der Waals surface area contributed by atoms with Gasteiger partial charge in [0, 0.05) is 25.2 Å². The number of nitrogens with one attached hydrogen (secondary N) is 1. The largest absolute Gasteiger partial charge is 0.381 e. The highest BCUT2D eigenvalue weighted by molar-refractivity contribution is 5.54. The molecule has 0 unspecified atom stereocenters. The molecule has 0 amide bonds. The molecule has 1 aromatic heterocycles. The van der Waals surface area contributed by atoms with Crippen LogP contribution in [0.2, 0.25) is 0 Å². The van der Waals surface area contributed by atoms with Crippen LogP contribution in [-0.2, 0) is 0 Å². The first-order valence-electron chi connectivity index (χ1n) is 10.4. The van der Waals surface area contributed by atoms with Gasteiger partial charge in [-0.25, -0.2) is 4.98 Å². The zero-order valence-electron chi connectivity index (χ0n) is 15.7. The molecule has 4 nitrogen and oxygen atoms in total. The van der Waals surface area contributed by atoms with Gasteiger partial charge in [0.2, 0.25) is 0 Å². The van der Waals surface area contributed by atoms with Crippen molar-refractivity contribution in [1.29, 1.82) is 0 Å². The Labute approximate surface area is 152 Å². The SMILES string of the molecule is Cc1nc(N2CC[C@H]3CCCC[C@@H]3C2)ccc1NC1CCC(N)CC1. The molecule has 3 fully saturated rings. The molecule has 4 heteroatoms. The van der Waals surface area contributed by atoms with Crippen LogP contribution in [0, 0.1) is 18.8 Å². The van der Waals surface area contributed by atoms with Crippen molar-refractivity contribution in [3.8, 4) is 0 Å². The topological polar surface area (TPSA) is 54.2 Å². The summed E-state index contributed by atoms with van der Waals surface area (Å²) in [5, 5.41) is 3.71. The van der Waals surface area contributed by atoms with Crippen molar-refractivity contribution in [2.24, 2.45) is 17.6 Å². The molecular weight excluding hydrogens is 308 g/mol. The molecule has 3 N–H and O–H groups in total. The second kappa shape index (κ2) is 7.53. The molecule has 0 bridgehead atoms. The Kier molecular flexibility index (Phi) is 5.16. The van der Waals surface area contributed by atoms with Gasteiger partial charge in [-0.2, -0.15) is 0 Å². The number of aromatic nitrogens is 1. The number of nitrogens with zero attached hydrogens (tertiary/aromatic N) is 2. The minimum Gasteiger partial charge on any atom is -0.381 e. The fraction of sp³-hybridized carbons (Fsp3) is 0.762. The van der Waals surface area contributed by atoms with Gasteiger partial charge in [-0.15, -0.1) is 0 Å². The van der Waals surface area contributed by atoms with Crippen LogP contribution in [0.5, 0.6) is 0 Å². The van der Waals surface area contributed by atoms with Gasteiger partial charge in [0.05, 0.1) is 11.4 Å². The Morgan fingerprint density at radius 1 is 1.00 bits per heavy atom. The van der Waals surface area contributed by atoms with Crippen LogP contribution >= 0.6 is 0 Å². The Morgan fingerprint density at radius 2 is 1.76 bits per heavy atom. The average molecular weight is 343 g/mol. The summed E-state index contributed by atoms with van der Waals surface area (Å²) in [6.45, 7) is 4.54. The second-order valence-electron chi connectivity index (χ2n) is 8.60. The van der Waals surface area contributed by atoms with Crippen LogP contribution in [0.25, 0.3) is 0 Å². The standard InChI is InChI=1S/C21H34N4/c1-15-20(24-19-8-6-18(22)7-9-19)10-11-21(23-15)25-13-12-16-4-2-3-5-17(16)14-25/h10-11,16-19,24H,2-9,12-14,22H2,1H3/t16-,17-,18?,19?/m1/s1. The number of rotatable bonds is 3. The lowest BCUT2D eigenvalue weighted by molar-refractivity contribution is 0.202. The first-order valence-corrected chi connectivity index (χ1v) is 10.4. The maximum atomic E-state index is 6.02. The molecule has 0 spiro atoms. The molecule has 25 heavy (non-hydrogen) atoms. The normalized spacial score (nSPS) is 33.0. The van der Waals surface area contributed by atoms with E-state index >= 15 is 0 Å². The lowest BCUT2D eigenvalue weighted by Crippen LogP contribution is -2.42. The van der Waals surface area contributed by atoms with Crippen LogP contribution < -0.4 is 16.0 Å². The minimum atomic E-state index is 0.405. The molecule has 0 radical (unpaired) electrons. The number of anilines is 2. The van der Waals surface area contributed by atoms with E-state index in [4.69, 9.17) is 10.7 Å². The fourth-order valence-corrected chi connectivity index (χ4v) is 5.17. The summed E-state index contributed by atoms with van der Waals surface area (Å²) in [6, 6.07) is 5.44. The maximum absolute atomic E-state index is 6.02. The van der Waals surface area contributed by atoms with E-state index in [0.717, 1.165) is 30.4 Å². The molecule has 3 aliphatic rings. The van der Waals surface area contributed by atoms with Crippen LogP contribution in [0.15, 0.2) is 12.1 Å². The number of nitrogens with two attached hydrogens (primary N) is 1. The zero-order chi connectivity index (χ0) is 17.2. The highest BCUT2D eigenvalue weighted by atomic mass is 15.2. The van der Waals surface area contributed by atoms with Gasteiger partial charge in [0.25, 0.3) is 0 Å². The van der Waals surface area contributed by atoms with Crippen LogP contribution in [0.1, 0.15) is 63.5 Å². The Morgan fingerprint density at radius 3 is 2.52 bits per heavy atom. The third-order valence-electron chi connectivity index (χ3n) is 6.82. The Hall–Kier alpha value is -1.29. The van der Waals surface area contributed by atoms with Gasteiger partial charge >= 0.3 is 0 Å². The third-order valence-corrected chi connectivity index (χ3v) is 6.82. The molecule has 4 rings (SSSR count). The van der Waals surface area contributed by atoms with E-state index in [-0.39, 0.29) is 0 Å². The summed E-state index contributed by atoms with van der Waals surface area (Å²) in [6.07, 6.45) is 11.7. The van der Waals surface area contributed by atoms with E-state index < -0.39 is 0 Å². The number of piperidine rings is 1. The number of fused-ring (bicyclic) bond motifs is 1. The van der Waals surface area contributed by atoms with Crippen molar-refractivity contribution >= 4 is 11.5 Å². The lowest BCUT2D eigenvalue weighted by atomic mass is 9.75. The molecule has 1 saturated heterocycles. The molecular formula is C21H34N4. The van der Waals surface area contributed by atoms with Crippen molar-refractivity contribution in [1.82, 2.24) is 4.98 Å². The molecule has 2 heterocycles. The van der Waals surface area contributed by atoms with Gasteiger partial charge in [-0.3, -0.25) is 0 Å². The van der Waals surface area contributed by atoms with Crippen molar-refractivity contribution in [3.05, 3.63) is 17.8 Å². The van der Waals surface area contributed by atoms with Crippen molar-refractivity contribution in [2.75, 3.05) is 23.3 Å². The van der Waals surface area contributed by atoms with E-state index in [1.54, 1.807) is 0 Å². The molecule has 1 aliphatic heterocycles. The summed E-state index contributed by atoms with van der Waals surface area (Å²) < 4.78 is 0. The molecule has 0 aromatic carbocycles. The number of aryl methyl sites for hydroxylation is 1. The first-order chi connectivity index (χ1) is 12.2. The van der Waals surface area contributed by atoms with Gasteiger partial charge in [0.1, 0.15) is 5.82 Å². The quantitative estimate of drug-likeness (QED) is 0.869. The first kappa shape index (κ1) is 17.1. The van der Waals surface area contributed by atoms with Crippen molar-refractivity contribution < 1.29 is 0 Å².